The minimum Gasteiger partial charge on any atom is -0.371 e. The van der Waals surface area contributed by atoms with Gasteiger partial charge in [0.1, 0.15) is 0 Å². The Morgan fingerprint density at radius 3 is 2.76 bits per heavy atom. The molecule has 92 valence electrons. The summed E-state index contributed by atoms with van der Waals surface area (Å²) < 4.78 is 13.8. The number of hydrogen-bond donors (Lipinski definition) is 2. The van der Waals surface area contributed by atoms with Gasteiger partial charge in [-0.25, -0.2) is 9.37 Å². The number of anilines is 1. The van der Waals surface area contributed by atoms with Crippen LogP contribution in [0.2, 0.25) is 0 Å². The van der Waals surface area contributed by atoms with E-state index >= 15 is 0 Å². The maximum Gasteiger partial charge on any atom is 0.254 e. The molecule has 1 amide bonds. The third-order valence-corrected chi connectivity index (χ3v) is 3.24. The first kappa shape index (κ1) is 11.8. The predicted molar refractivity (Wildman–Crippen MR) is 63.5 cm³/mol. The van der Waals surface area contributed by atoms with Crippen molar-refractivity contribution >= 4 is 11.7 Å². The molecule has 4 nitrogen and oxygen atoms in total. The number of nitrogens with one attached hydrogen (secondary N) is 2. The topological polar surface area (TPSA) is 54.0 Å². The molecule has 1 aromatic rings. The van der Waals surface area contributed by atoms with Crippen LogP contribution >= 0.6 is 0 Å². The fourth-order valence-corrected chi connectivity index (χ4v) is 1.97. The van der Waals surface area contributed by atoms with Gasteiger partial charge in [0.05, 0.1) is 5.56 Å². The number of aromatic nitrogens is 1. The van der Waals surface area contributed by atoms with Crippen LogP contribution in [0.15, 0.2) is 12.3 Å². The Bertz CT molecular complexity index is 443. The van der Waals surface area contributed by atoms with E-state index in [1.165, 1.54) is 12.3 Å². The second kappa shape index (κ2) is 4.31. The zero-order valence-corrected chi connectivity index (χ0v) is 10.0. The summed E-state index contributed by atoms with van der Waals surface area (Å²) in [6.07, 6.45) is 4.43. The molecule has 2 N–H and O–H groups in total. The first-order chi connectivity index (χ1) is 8.06. The van der Waals surface area contributed by atoms with E-state index in [-0.39, 0.29) is 22.8 Å². The van der Waals surface area contributed by atoms with E-state index in [0.29, 0.717) is 0 Å². The van der Waals surface area contributed by atoms with E-state index in [1.807, 2.05) is 6.92 Å². The normalized spacial score (nSPS) is 17.1. The summed E-state index contributed by atoms with van der Waals surface area (Å²) >= 11 is 0. The second-order valence-corrected chi connectivity index (χ2v) is 4.64. The molecular formula is C12H16FN3O. The van der Waals surface area contributed by atoms with Crippen molar-refractivity contribution < 1.29 is 9.18 Å². The number of pyridine rings is 1. The van der Waals surface area contributed by atoms with Gasteiger partial charge in [-0.1, -0.05) is 0 Å². The van der Waals surface area contributed by atoms with E-state index in [1.54, 1.807) is 7.05 Å². The first-order valence-corrected chi connectivity index (χ1v) is 5.70. The highest BCUT2D eigenvalue weighted by Crippen LogP contribution is 2.31. The summed E-state index contributed by atoms with van der Waals surface area (Å²) in [5.74, 6) is -0.879. The second-order valence-electron chi connectivity index (χ2n) is 4.64. The van der Waals surface area contributed by atoms with Crippen LogP contribution in [0, 0.1) is 5.82 Å². The van der Waals surface area contributed by atoms with Gasteiger partial charge in [-0.05, 0) is 32.3 Å². The number of hydrogen-bond acceptors (Lipinski definition) is 3. The van der Waals surface area contributed by atoms with Crippen LogP contribution in [-0.2, 0) is 0 Å². The molecule has 0 radical (unpaired) electrons. The Morgan fingerprint density at radius 1 is 1.53 bits per heavy atom. The summed E-state index contributed by atoms with van der Waals surface area (Å²) in [7, 11) is 1.57. The Labute approximate surface area is 99.6 Å². The molecule has 1 heterocycles. The molecule has 17 heavy (non-hydrogen) atoms. The standard InChI is InChI=1S/C12H16FN3O/c1-12(5-3-6-12)16-11(17)8-4-7-15-10(14-2)9(8)13/h4,7H,3,5-6H2,1-2H3,(H,14,15)(H,16,17). The molecule has 1 aromatic heterocycles. The molecule has 0 unspecified atom stereocenters. The van der Waals surface area contributed by atoms with Crippen molar-refractivity contribution in [1.82, 2.24) is 10.3 Å². The number of halogens is 1. The molecule has 0 spiro atoms. The van der Waals surface area contributed by atoms with E-state index in [9.17, 15) is 9.18 Å². The van der Waals surface area contributed by atoms with Crippen molar-refractivity contribution in [2.45, 2.75) is 31.7 Å². The maximum atomic E-state index is 13.8. The average molecular weight is 237 g/mol. The molecule has 0 saturated heterocycles. The van der Waals surface area contributed by atoms with Gasteiger partial charge in [0.2, 0.25) is 0 Å². The number of rotatable bonds is 3. The van der Waals surface area contributed by atoms with Crippen LogP contribution in [0.4, 0.5) is 10.2 Å². The van der Waals surface area contributed by atoms with Crippen molar-refractivity contribution in [2.24, 2.45) is 0 Å². The molecule has 1 fully saturated rings. The SMILES string of the molecule is CNc1nccc(C(=O)NC2(C)CCC2)c1F. The van der Waals surface area contributed by atoms with Gasteiger partial charge < -0.3 is 10.6 Å². The summed E-state index contributed by atoms with van der Waals surface area (Å²) in [5, 5.41) is 5.48. The zero-order chi connectivity index (χ0) is 12.5. The van der Waals surface area contributed by atoms with Gasteiger partial charge in [0, 0.05) is 18.8 Å². The Kier molecular flexibility index (Phi) is 3.00. The lowest BCUT2D eigenvalue weighted by Gasteiger charge is -2.39. The molecule has 0 aliphatic heterocycles. The number of carbonyl (C=O) groups excluding carboxylic acids is 1. The van der Waals surface area contributed by atoms with Crippen molar-refractivity contribution in [3.05, 3.63) is 23.6 Å². The smallest absolute Gasteiger partial charge is 0.254 e. The summed E-state index contributed by atoms with van der Waals surface area (Å²) in [6, 6.07) is 1.40. The number of amides is 1. The van der Waals surface area contributed by atoms with Gasteiger partial charge in [-0.15, -0.1) is 0 Å². The van der Waals surface area contributed by atoms with Crippen LogP contribution in [0.3, 0.4) is 0 Å². The Hall–Kier alpha value is -1.65. The van der Waals surface area contributed by atoms with Crippen molar-refractivity contribution in [2.75, 3.05) is 12.4 Å². The molecule has 0 atom stereocenters. The quantitative estimate of drug-likeness (QED) is 0.844. The number of nitrogens with zero attached hydrogens (tertiary/aromatic N) is 1. The van der Waals surface area contributed by atoms with Crippen LogP contribution in [0.1, 0.15) is 36.5 Å². The lowest BCUT2D eigenvalue weighted by molar-refractivity contribution is 0.0846. The largest absolute Gasteiger partial charge is 0.371 e. The van der Waals surface area contributed by atoms with Crippen LogP contribution in [0.25, 0.3) is 0 Å². The van der Waals surface area contributed by atoms with Crippen molar-refractivity contribution in [3.8, 4) is 0 Å². The maximum absolute atomic E-state index is 13.8. The van der Waals surface area contributed by atoms with E-state index in [2.05, 4.69) is 15.6 Å². The highest BCUT2D eigenvalue weighted by molar-refractivity contribution is 5.95. The molecule has 0 aromatic carbocycles. The van der Waals surface area contributed by atoms with Gasteiger partial charge in [-0.3, -0.25) is 4.79 Å². The fraction of sp³-hybridized carbons (Fsp3) is 0.500. The van der Waals surface area contributed by atoms with Crippen LogP contribution in [-0.4, -0.2) is 23.5 Å². The summed E-state index contributed by atoms with van der Waals surface area (Å²) in [4.78, 5) is 15.7. The van der Waals surface area contributed by atoms with E-state index in [4.69, 9.17) is 0 Å². The molecular weight excluding hydrogens is 221 g/mol. The third-order valence-electron chi connectivity index (χ3n) is 3.24. The van der Waals surface area contributed by atoms with Crippen molar-refractivity contribution in [3.63, 3.8) is 0 Å². The van der Waals surface area contributed by atoms with Gasteiger partial charge in [0.15, 0.2) is 11.6 Å². The Balaban J connectivity index is 2.19. The molecule has 1 aliphatic rings. The van der Waals surface area contributed by atoms with E-state index < -0.39 is 5.82 Å². The molecule has 2 rings (SSSR count). The van der Waals surface area contributed by atoms with E-state index in [0.717, 1.165) is 19.3 Å². The molecule has 0 bridgehead atoms. The summed E-state index contributed by atoms with van der Waals surface area (Å²) in [6.45, 7) is 1.98. The first-order valence-electron chi connectivity index (χ1n) is 5.70. The Morgan fingerprint density at radius 2 is 2.24 bits per heavy atom. The molecule has 1 saturated carbocycles. The fourth-order valence-electron chi connectivity index (χ4n) is 1.97. The highest BCUT2D eigenvalue weighted by atomic mass is 19.1. The predicted octanol–water partition coefficient (Wildman–Crippen LogP) is 1.93. The minimum atomic E-state index is -0.601. The number of carbonyl (C=O) groups is 1. The van der Waals surface area contributed by atoms with Crippen molar-refractivity contribution in [1.29, 1.82) is 0 Å². The molecule has 5 heteroatoms. The van der Waals surface area contributed by atoms with Crippen LogP contribution in [0.5, 0.6) is 0 Å². The van der Waals surface area contributed by atoms with Crippen LogP contribution < -0.4 is 10.6 Å². The molecule has 1 aliphatic carbocycles. The minimum absolute atomic E-state index is 0.0393. The van der Waals surface area contributed by atoms with Gasteiger partial charge in [0.25, 0.3) is 5.91 Å². The lowest BCUT2D eigenvalue weighted by Crippen LogP contribution is -2.51. The van der Waals surface area contributed by atoms with Gasteiger partial charge >= 0.3 is 0 Å². The third kappa shape index (κ3) is 2.23. The highest BCUT2D eigenvalue weighted by Gasteiger charge is 2.34. The van der Waals surface area contributed by atoms with Gasteiger partial charge in [-0.2, -0.15) is 0 Å². The monoisotopic (exact) mass is 237 g/mol. The summed E-state index contributed by atoms with van der Waals surface area (Å²) in [5.41, 5.74) is -0.135. The zero-order valence-electron chi connectivity index (χ0n) is 10.0. The average Bonchev–Trinajstić information content (AvgIpc) is 2.27. The lowest BCUT2D eigenvalue weighted by atomic mass is 9.78.